The molecule has 33 heavy (non-hydrogen) atoms. The minimum atomic E-state index is -0.146. The van der Waals surface area contributed by atoms with Gasteiger partial charge in [-0.25, -0.2) is 17.5 Å². The lowest BCUT2D eigenvalue weighted by molar-refractivity contribution is -0.122. The van der Waals surface area contributed by atoms with E-state index in [1.807, 2.05) is 35.3 Å². The van der Waals surface area contributed by atoms with Crippen LogP contribution in [0.1, 0.15) is 83.1 Å². The lowest BCUT2D eigenvalue weighted by atomic mass is 10.3. The Balaban J connectivity index is -0.000000225. The predicted molar refractivity (Wildman–Crippen MR) is 156 cm³/mol. The number of carbonyl (C=O) groups is 3. The number of amides is 3. The molecule has 0 rings (SSSR count). The van der Waals surface area contributed by atoms with Gasteiger partial charge in [-0.2, -0.15) is 35.3 Å². The molecule has 9 N–H and O–H groups in total. The average molecular weight is 537 g/mol. The maximum absolute atomic E-state index is 11.2. The number of nitrogens with one attached hydrogen (secondary N) is 3. The Morgan fingerprint density at radius 1 is 0.576 bits per heavy atom. The van der Waals surface area contributed by atoms with Crippen molar-refractivity contribution in [3.63, 3.8) is 0 Å². The number of hydrogen-bond acceptors (Lipinski definition) is 9. The van der Waals surface area contributed by atoms with Crippen LogP contribution in [-0.4, -0.2) is 51.7 Å². The van der Waals surface area contributed by atoms with Gasteiger partial charge in [0.05, 0.1) is 0 Å². The molecule has 206 valence electrons. The monoisotopic (exact) mass is 536 g/mol. The second kappa shape index (κ2) is 35.9. The van der Waals surface area contributed by atoms with Crippen LogP contribution in [0.5, 0.6) is 0 Å². The van der Waals surface area contributed by atoms with E-state index in [9.17, 15) is 14.4 Å². The van der Waals surface area contributed by atoms with E-state index in [0.29, 0.717) is 24.5 Å². The molecule has 3 amide bonds. The fourth-order valence-corrected chi connectivity index (χ4v) is 5.88. The third kappa shape index (κ3) is 33.6. The van der Waals surface area contributed by atoms with E-state index in [2.05, 4.69) is 16.3 Å². The summed E-state index contributed by atoms with van der Waals surface area (Å²) in [5.74, 6) is 19.4. The maximum Gasteiger partial charge on any atom is 0.233 e. The van der Waals surface area contributed by atoms with E-state index in [1.165, 1.54) is 0 Å². The van der Waals surface area contributed by atoms with E-state index in [-0.39, 0.29) is 62.3 Å². The zero-order valence-corrected chi connectivity index (χ0v) is 18.0. The van der Waals surface area contributed by atoms with Crippen LogP contribution in [0.3, 0.4) is 0 Å². The molecular weight excluding hydrogens is 480 g/mol. The summed E-state index contributed by atoms with van der Waals surface area (Å²) in [7, 11) is 0. The zero-order valence-electron chi connectivity index (χ0n) is 15.5. The highest BCUT2D eigenvalue weighted by Crippen LogP contribution is 2.23. The summed E-state index contributed by atoms with van der Waals surface area (Å²) in [5.41, 5.74) is 6.40. The summed E-state index contributed by atoms with van der Waals surface area (Å²) >= 11 is 5.49. The molecule has 0 aliphatic heterocycles. The predicted octanol–water partition coefficient (Wildman–Crippen LogP) is 3.68. The molecule has 12 heteroatoms. The Morgan fingerprint density at radius 2 is 0.879 bits per heavy atom. The van der Waals surface area contributed by atoms with Gasteiger partial charge < -0.3 is 0 Å². The normalized spacial score (nSPS) is 8.73. The van der Waals surface area contributed by atoms with Crippen molar-refractivity contribution in [3.05, 3.63) is 0 Å². The molecule has 0 radical (unpaired) electrons. The van der Waals surface area contributed by atoms with Crippen molar-refractivity contribution in [2.24, 2.45) is 17.5 Å². The van der Waals surface area contributed by atoms with Crippen LogP contribution in [-0.2, 0) is 14.4 Å². The van der Waals surface area contributed by atoms with Crippen LogP contribution in [0.25, 0.3) is 0 Å². The number of hydrazine groups is 3. The van der Waals surface area contributed by atoms with E-state index in [0.717, 1.165) is 48.0 Å². The molecule has 9 nitrogen and oxygen atoms in total. The second-order valence-corrected chi connectivity index (χ2v) is 9.36. The molecule has 0 aliphatic carbocycles. The quantitative estimate of drug-likeness (QED) is 0.0703. The molecule has 0 fully saturated rings. The minimum absolute atomic E-state index is 0. The summed E-state index contributed by atoms with van der Waals surface area (Å²) < 4.78 is 0. The smallest absolute Gasteiger partial charge is 0.233 e. The van der Waals surface area contributed by atoms with Crippen LogP contribution in [0, 0.1) is 0 Å². The van der Waals surface area contributed by atoms with Crippen LogP contribution in [0.2, 0.25) is 0 Å². The maximum atomic E-state index is 11.2. The summed E-state index contributed by atoms with van der Waals surface area (Å²) in [6, 6.07) is 0. The number of hydrogen-bond donors (Lipinski definition) is 6. The number of carbonyl (C=O) groups excluding carboxylic acids is 3. The van der Waals surface area contributed by atoms with Crippen molar-refractivity contribution in [1.29, 1.82) is 0 Å². The van der Waals surface area contributed by atoms with E-state index < -0.39 is 0 Å². The van der Waals surface area contributed by atoms with Gasteiger partial charge in [0.25, 0.3) is 0 Å². The first-order valence-electron chi connectivity index (χ1n) is 8.78. The lowest BCUT2D eigenvalue weighted by Crippen LogP contribution is -2.29. The van der Waals surface area contributed by atoms with Crippen LogP contribution in [0.4, 0.5) is 0 Å². The van der Waals surface area contributed by atoms with E-state index in [1.54, 1.807) is 0 Å². The van der Waals surface area contributed by atoms with E-state index >= 15 is 0 Å². The van der Waals surface area contributed by atoms with E-state index in [4.69, 9.17) is 17.5 Å². The summed E-state index contributed by atoms with van der Waals surface area (Å²) in [6.07, 6.45) is 3.68. The highest BCUT2D eigenvalue weighted by molar-refractivity contribution is 8.05. The van der Waals surface area contributed by atoms with Crippen LogP contribution in [0.15, 0.2) is 0 Å². The molecule has 0 saturated carbocycles. The van der Waals surface area contributed by atoms with Gasteiger partial charge in [0.15, 0.2) is 0 Å². The fourth-order valence-electron chi connectivity index (χ4n) is 1.94. The van der Waals surface area contributed by atoms with Crippen molar-refractivity contribution in [2.45, 2.75) is 88.3 Å². The van der Waals surface area contributed by atoms with Gasteiger partial charge in [0, 0.05) is 36.0 Å². The van der Waals surface area contributed by atoms with Gasteiger partial charge >= 0.3 is 0 Å². The molecule has 0 aromatic heterocycles. The van der Waals surface area contributed by atoms with Crippen molar-refractivity contribution >= 4 is 53.0 Å². The highest BCUT2D eigenvalue weighted by atomic mass is 32.2. The SMILES string of the molecule is C.C.C.C.C.C.NNC(=O)CCCSCC(CSCCCC(=O)NN)SCCCC(=O)NN. The van der Waals surface area contributed by atoms with Gasteiger partial charge in [-0.15, -0.1) is 0 Å². The zero-order chi connectivity index (χ0) is 20.3. The molecule has 0 heterocycles. The second-order valence-electron chi connectivity index (χ2n) is 5.66. The summed E-state index contributed by atoms with van der Waals surface area (Å²) in [6.45, 7) is 0. The number of nitrogens with two attached hydrogens (primary N) is 3. The largest absolute Gasteiger partial charge is 0.294 e. The standard InChI is InChI=1S/C15H32N6O3S3.6CH4/c16-19-13(22)4-1-7-25-10-12(27-9-3-6-15(24)21-18)11-26-8-2-5-14(23)20-17;;;;;;/h12H,1-11,16-18H2,(H,19,22)(H,20,23)(H,21,24);6*1H4. The number of thioether (sulfide) groups is 3. The summed E-state index contributed by atoms with van der Waals surface area (Å²) in [4.78, 5) is 33.4. The molecule has 0 saturated heterocycles. The van der Waals surface area contributed by atoms with Gasteiger partial charge in [0.2, 0.25) is 17.7 Å². The molecule has 0 bridgehead atoms. The van der Waals surface area contributed by atoms with Crippen molar-refractivity contribution in [1.82, 2.24) is 16.3 Å². The molecule has 0 unspecified atom stereocenters. The Morgan fingerprint density at radius 3 is 1.18 bits per heavy atom. The van der Waals surface area contributed by atoms with Crippen molar-refractivity contribution in [2.75, 3.05) is 28.8 Å². The lowest BCUT2D eigenvalue weighted by Gasteiger charge is -2.16. The number of rotatable bonds is 17. The molecule has 0 atom stereocenters. The van der Waals surface area contributed by atoms with Gasteiger partial charge in [-0.05, 0) is 36.5 Å². The third-order valence-corrected chi connectivity index (χ3v) is 7.56. The average Bonchev–Trinajstić information content (AvgIpc) is 2.68. The van der Waals surface area contributed by atoms with Crippen molar-refractivity contribution < 1.29 is 14.4 Å². The molecule has 0 aromatic rings. The first kappa shape index (κ1) is 49.5. The Kier molecular flexibility index (Phi) is 53.8. The highest BCUT2D eigenvalue weighted by Gasteiger charge is 2.11. The van der Waals surface area contributed by atoms with Crippen LogP contribution >= 0.6 is 35.3 Å². The Hall–Kier alpha value is -0.660. The molecular formula is C21H56N6O3S3. The first-order chi connectivity index (χ1) is 13.0. The molecule has 0 aliphatic rings. The van der Waals surface area contributed by atoms with Crippen molar-refractivity contribution in [3.8, 4) is 0 Å². The molecule has 0 aromatic carbocycles. The Bertz CT molecular complexity index is 410. The van der Waals surface area contributed by atoms with Gasteiger partial charge in [0.1, 0.15) is 0 Å². The topological polar surface area (TPSA) is 165 Å². The molecule has 0 spiro atoms. The third-order valence-electron chi connectivity index (χ3n) is 3.38. The van der Waals surface area contributed by atoms with Gasteiger partial charge in [-0.1, -0.05) is 44.6 Å². The Labute approximate surface area is 218 Å². The van der Waals surface area contributed by atoms with Gasteiger partial charge in [-0.3, -0.25) is 30.7 Å². The first-order valence-corrected chi connectivity index (χ1v) is 12.1. The fraction of sp³-hybridized carbons (Fsp3) is 0.857. The van der Waals surface area contributed by atoms with Crippen LogP contribution < -0.4 is 33.8 Å². The minimum Gasteiger partial charge on any atom is -0.294 e. The summed E-state index contributed by atoms with van der Waals surface area (Å²) in [5, 5.41) is 0.451.